The highest BCUT2D eigenvalue weighted by atomic mass is 32.2. The summed E-state index contributed by atoms with van der Waals surface area (Å²) in [6.07, 6.45) is 3.23. The Hall–Kier alpha value is -1.07. The Labute approximate surface area is 133 Å². The van der Waals surface area contributed by atoms with Crippen LogP contribution >= 0.6 is 0 Å². The minimum absolute atomic E-state index is 0.291. The lowest BCUT2D eigenvalue weighted by Crippen LogP contribution is -2.34. The molecule has 2 heterocycles. The van der Waals surface area contributed by atoms with Crippen LogP contribution in [0.5, 0.6) is 0 Å². The average molecular weight is 322 g/mol. The zero-order valence-electron chi connectivity index (χ0n) is 13.3. The van der Waals surface area contributed by atoms with E-state index in [1.165, 1.54) is 12.8 Å². The average Bonchev–Trinajstić information content (AvgIpc) is 2.94. The third-order valence-corrected chi connectivity index (χ3v) is 7.14. The van der Waals surface area contributed by atoms with Crippen molar-refractivity contribution in [2.75, 3.05) is 37.2 Å². The fraction of sp³-hybridized carbons (Fsp3) is 0.647. The molecule has 0 bridgehead atoms. The summed E-state index contributed by atoms with van der Waals surface area (Å²) in [5.74, 6) is 1.11. The molecule has 1 N–H and O–H groups in total. The maximum absolute atomic E-state index is 12.6. The fourth-order valence-electron chi connectivity index (χ4n) is 3.49. The first kappa shape index (κ1) is 15.8. The Morgan fingerprint density at radius 3 is 2.73 bits per heavy atom. The van der Waals surface area contributed by atoms with Crippen LogP contribution in [0.2, 0.25) is 0 Å². The summed E-state index contributed by atoms with van der Waals surface area (Å²) in [7, 11) is -3.07. The number of likely N-dealkylation sites (tertiary alicyclic amines) is 1. The van der Waals surface area contributed by atoms with E-state index in [4.69, 9.17) is 0 Å². The van der Waals surface area contributed by atoms with Gasteiger partial charge in [-0.25, -0.2) is 8.42 Å². The van der Waals surface area contributed by atoms with E-state index in [0.717, 1.165) is 43.2 Å². The van der Waals surface area contributed by atoms with Gasteiger partial charge in [-0.15, -0.1) is 0 Å². The van der Waals surface area contributed by atoms with Gasteiger partial charge in [-0.3, -0.25) is 0 Å². The number of hydrogen-bond donors (Lipinski definition) is 1. The SMILES string of the molecule is CC1CCN(CCCS(=O)(=O)C2CNc3ccccc32)CC1. The van der Waals surface area contributed by atoms with Gasteiger partial charge in [-0.1, -0.05) is 25.1 Å². The summed E-state index contributed by atoms with van der Waals surface area (Å²) < 4.78 is 25.3. The van der Waals surface area contributed by atoms with Crippen molar-refractivity contribution in [3.05, 3.63) is 29.8 Å². The van der Waals surface area contributed by atoms with Crippen molar-refractivity contribution in [3.8, 4) is 0 Å². The predicted molar refractivity (Wildman–Crippen MR) is 90.9 cm³/mol. The Morgan fingerprint density at radius 2 is 1.95 bits per heavy atom. The summed E-state index contributed by atoms with van der Waals surface area (Å²) in [5.41, 5.74) is 1.91. The normalized spacial score (nSPS) is 23.2. The van der Waals surface area contributed by atoms with Gasteiger partial charge < -0.3 is 10.2 Å². The molecule has 2 aliphatic rings. The summed E-state index contributed by atoms with van der Waals surface area (Å²) in [4.78, 5) is 2.41. The summed E-state index contributed by atoms with van der Waals surface area (Å²) in [6, 6.07) is 7.75. The van der Waals surface area contributed by atoms with E-state index in [9.17, 15) is 8.42 Å². The second-order valence-electron chi connectivity index (χ2n) is 6.70. The quantitative estimate of drug-likeness (QED) is 0.905. The van der Waals surface area contributed by atoms with Crippen LogP contribution in [-0.2, 0) is 9.84 Å². The number of anilines is 1. The molecule has 1 fully saturated rings. The van der Waals surface area contributed by atoms with Gasteiger partial charge in [0.2, 0.25) is 0 Å². The van der Waals surface area contributed by atoms with Crippen molar-refractivity contribution < 1.29 is 8.42 Å². The zero-order valence-corrected chi connectivity index (χ0v) is 14.1. The molecular formula is C17H26N2O2S. The van der Waals surface area contributed by atoms with E-state index in [1.807, 2.05) is 24.3 Å². The zero-order chi connectivity index (χ0) is 15.6. The second kappa shape index (κ2) is 6.59. The van der Waals surface area contributed by atoms with E-state index in [0.29, 0.717) is 12.3 Å². The molecule has 2 aliphatic heterocycles. The predicted octanol–water partition coefficient (Wildman–Crippen LogP) is 2.69. The van der Waals surface area contributed by atoms with Gasteiger partial charge >= 0.3 is 0 Å². The first-order valence-corrected chi connectivity index (χ1v) is 10.0. The van der Waals surface area contributed by atoms with Gasteiger partial charge in [-0.2, -0.15) is 0 Å². The van der Waals surface area contributed by atoms with E-state index in [2.05, 4.69) is 17.1 Å². The number of nitrogens with zero attached hydrogens (tertiary/aromatic N) is 1. The molecule has 0 saturated carbocycles. The first-order valence-electron chi connectivity index (χ1n) is 8.33. The fourth-order valence-corrected chi connectivity index (χ4v) is 5.23. The van der Waals surface area contributed by atoms with Crippen LogP contribution in [0.1, 0.15) is 37.0 Å². The molecule has 0 spiro atoms. The molecule has 1 aromatic rings. The van der Waals surface area contributed by atoms with Crippen molar-refractivity contribution in [2.45, 2.75) is 31.4 Å². The summed E-state index contributed by atoms with van der Waals surface area (Å²) in [5, 5.41) is 2.84. The number of nitrogens with one attached hydrogen (secondary N) is 1. The van der Waals surface area contributed by atoms with Crippen molar-refractivity contribution in [1.82, 2.24) is 4.90 Å². The topological polar surface area (TPSA) is 49.4 Å². The Balaban J connectivity index is 1.54. The molecule has 3 rings (SSSR count). The van der Waals surface area contributed by atoms with E-state index in [-0.39, 0.29) is 5.25 Å². The number of rotatable bonds is 5. The van der Waals surface area contributed by atoms with Crippen LogP contribution in [-0.4, -0.2) is 45.2 Å². The molecule has 4 nitrogen and oxygen atoms in total. The van der Waals surface area contributed by atoms with Crippen LogP contribution in [0, 0.1) is 5.92 Å². The number of fused-ring (bicyclic) bond motifs is 1. The van der Waals surface area contributed by atoms with Crippen LogP contribution < -0.4 is 5.32 Å². The number of piperidine rings is 1. The Kier molecular flexibility index (Phi) is 4.73. The molecule has 1 aromatic carbocycles. The lowest BCUT2D eigenvalue weighted by atomic mass is 9.99. The molecule has 22 heavy (non-hydrogen) atoms. The van der Waals surface area contributed by atoms with E-state index < -0.39 is 9.84 Å². The summed E-state index contributed by atoms with van der Waals surface area (Å²) >= 11 is 0. The molecule has 1 saturated heterocycles. The van der Waals surface area contributed by atoms with Gasteiger partial charge in [0.25, 0.3) is 0 Å². The van der Waals surface area contributed by atoms with Crippen LogP contribution in [0.25, 0.3) is 0 Å². The van der Waals surface area contributed by atoms with Gasteiger partial charge in [-0.05, 0) is 56.4 Å². The number of hydrogen-bond acceptors (Lipinski definition) is 4. The minimum Gasteiger partial charge on any atom is -0.383 e. The third-order valence-electron chi connectivity index (χ3n) is 5.00. The van der Waals surface area contributed by atoms with Crippen molar-refractivity contribution in [2.24, 2.45) is 5.92 Å². The van der Waals surface area contributed by atoms with Crippen molar-refractivity contribution in [3.63, 3.8) is 0 Å². The molecule has 1 atom stereocenters. The van der Waals surface area contributed by atoms with Crippen molar-refractivity contribution >= 4 is 15.5 Å². The lowest BCUT2D eigenvalue weighted by Gasteiger charge is -2.30. The highest BCUT2D eigenvalue weighted by Gasteiger charge is 2.32. The van der Waals surface area contributed by atoms with E-state index >= 15 is 0 Å². The number of benzene rings is 1. The molecular weight excluding hydrogens is 296 g/mol. The Morgan fingerprint density at radius 1 is 1.23 bits per heavy atom. The maximum atomic E-state index is 12.6. The van der Waals surface area contributed by atoms with E-state index in [1.54, 1.807) is 0 Å². The number of para-hydroxylation sites is 1. The van der Waals surface area contributed by atoms with Crippen LogP contribution in [0.15, 0.2) is 24.3 Å². The lowest BCUT2D eigenvalue weighted by molar-refractivity contribution is 0.193. The van der Waals surface area contributed by atoms with Gasteiger partial charge in [0.15, 0.2) is 9.84 Å². The van der Waals surface area contributed by atoms with Crippen LogP contribution in [0.3, 0.4) is 0 Å². The molecule has 1 unspecified atom stereocenters. The smallest absolute Gasteiger partial charge is 0.159 e. The molecule has 0 aliphatic carbocycles. The van der Waals surface area contributed by atoms with Gasteiger partial charge in [0.05, 0.1) is 5.75 Å². The third kappa shape index (κ3) is 3.46. The van der Waals surface area contributed by atoms with Gasteiger partial charge in [0, 0.05) is 12.2 Å². The molecule has 0 amide bonds. The minimum atomic E-state index is -3.07. The molecule has 5 heteroatoms. The number of sulfone groups is 1. The largest absolute Gasteiger partial charge is 0.383 e. The first-order chi connectivity index (χ1) is 10.6. The maximum Gasteiger partial charge on any atom is 0.159 e. The van der Waals surface area contributed by atoms with Gasteiger partial charge in [0.1, 0.15) is 5.25 Å². The molecule has 0 radical (unpaired) electrons. The van der Waals surface area contributed by atoms with Crippen molar-refractivity contribution in [1.29, 1.82) is 0 Å². The standard InChI is InChI=1S/C17H26N2O2S/c1-14-7-10-19(11-8-14)9-4-12-22(20,21)17-13-18-16-6-3-2-5-15(16)17/h2-3,5-6,14,17-18H,4,7-13H2,1H3. The second-order valence-corrected chi connectivity index (χ2v) is 9.00. The highest BCUT2D eigenvalue weighted by Crippen LogP contribution is 2.35. The Bertz CT molecular complexity index is 607. The molecule has 122 valence electrons. The molecule has 0 aromatic heterocycles. The monoisotopic (exact) mass is 322 g/mol. The highest BCUT2D eigenvalue weighted by molar-refractivity contribution is 7.91. The summed E-state index contributed by atoms with van der Waals surface area (Å²) in [6.45, 7) is 5.97. The van der Waals surface area contributed by atoms with Crippen LogP contribution in [0.4, 0.5) is 5.69 Å².